The second-order valence-electron chi connectivity index (χ2n) is 7.22. The average Bonchev–Trinajstić information content (AvgIpc) is 3.00. The summed E-state index contributed by atoms with van der Waals surface area (Å²) in [6.07, 6.45) is 2.77. The molecule has 0 bridgehead atoms. The third-order valence-corrected chi connectivity index (χ3v) is 5.36. The largest absolute Gasteiger partial charge is 0.212 e. The number of pyridine rings is 1. The second kappa shape index (κ2) is 5.84. The average molecular weight is 333 g/mol. The smallest absolute Gasteiger partial charge is 0.201 e. The van der Waals surface area contributed by atoms with Crippen LogP contribution in [-0.2, 0) is 13.5 Å². The van der Waals surface area contributed by atoms with Gasteiger partial charge in [0, 0.05) is 23.2 Å². The highest BCUT2D eigenvalue weighted by Gasteiger charge is 2.24. The molecule has 1 aromatic heterocycles. The fourth-order valence-electron chi connectivity index (χ4n) is 3.86. The van der Waals surface area contributed by atoms with Gasteiger partial charge < -0.3 is 0 Å². The van der Waals surface area contributed by atoms with E-state index in [1.54, 1.807) is 6.07 Å². The number of benzene rings is 2. The molecule has 2 aromatic carbocycles. The predicted molar refractivity (Wildman–Crippen MR) is 105 cm³/mol. The predicted octanol–water partition coefficient (Wildman–Crippen LogP) is 5.49. The standard InChI is InChI=1S/C24H26N/c1-15(2)18-10-11-25(5)24(14-18)20-8-9-22-21-7-6-16(3)12-19(21)13-23(22)17(20)4/h6-12,14-15H,13H2,1-5H3/q+1/i3D3,15D. The van der Waals surface area contributed by atoms with Gasteiger partial charge in [-0.2, -0.15) is 0 Å². The highest BCUT2D eigenvalue weighted by molar-refractivity contribution is 5.82. The molecule has 1 heteroatoms. The molecule has 0 unspecified atom stereocenters. The number of rotatable bonds is 2. The van der Waals surface area contributed by atoms with E-state index >= 15 is 0 Å². The van der Waals surface area contributed by atoms with Crippen LogP contribution in [0.25, 0.3) is 22.4 Å². The van der Waals surface area contributed by atoms with Crippen molar-refractivity contribution in [3.63, 3.8) is 0 Å². The van der Waals surface area contributed by atoms with Crippen LogP contribution in [0.15, 0.2) is 48.7 Å². The monoisotopic (exact) mass is 332 g/mol. The topological polar surface area (TPSA) is 3.88 Å². The Morgan fingerprint density at radius 3 is 2.56 bits per heavy atom. The molecule has 0 atom stereocenters. The Balaban J connectivity index is 1.82. The summed E-state index contributed by atoms with van der Waals surface area (Å²) < 4.78 is 33.6. The van der Waals surface area contributed by atoms with Gasteiger partial charge in [-0.3, -0.25) is 0 Å². The van der Waals surface area contributed by atoms with E-state index in [0.29, 0.717) is 5.56 Å². The molecule has 0 amide bonds. The Labute approximate surface area is 156 Å². The van der Waals surface area contributed by atoms with Crippen LogP contribution in [0.4, 0.5) is 0 Å². The maximum atomic E-state index is 8.38. The summed E-state index contributed by atoms with van der Waals surface area (Å²) in [4.78, 5) is 0. The third-order valence-electron chi connectivity index (χ3n) is 5.36. The van der Waals surface area contributed by atoms with Crippen LogP contribution < -0.4 is 4.57 Å². The SMILES string of the molecule is [2H]C([2H])([2H])c1ccc2c(c1)Cc1c-2ccc(-c2cc(C([2H])(C)C)cc[n+]2C)c1C. The molecule has 25 heavy (non-hydrogen) atoms. The van der Waals surface area contributed by atoms with Gasteiger partial charge >= 0.3 is 0 Å². The van der Waals surface area contributed by atoms with Gasteiger partial charge in [-0.15, -0.1) is 0 Å². The van der Waals surface area contributed by atoms with Crippen molar-refractivity contribution in [2.45, 2.75) is 39.9 Å². The quantitative estimate of drug-likeness (QED) is 0.427. The van der Waals surface area contributed by atoms with E-state index in [0.717, 1.165) is 34.4 Å². The molecule has 126 valence electrons. The Morgan fingerprint density at radius 2 is 1.80 bits per heavy atom. The van der Waals surface area contributed by atoms with Gasteiger partial charge in [-0.25, -0.2) is 4.57 Å². The van der Waals surface area contributed by atoms with Crippen LogP contribution >= 0.6 is 0 Å². The summed E-state index contributed by atoms with van der Waals surface area (Å²) in [6.45, 7) is 3.87. The molecule has 0 saturated heterocycles. The van der Waals surface area contributed by atoms with Crippen LogP contribution in [0.1, 0.15) is 53.0 Å². The van der Waals surface area contributed by atoms with E-state index in [2.05, 4.69) is 29.7 Å². The van der Waals surface area contributed by atoms with Crippen LogP contribution in [0, 0.1) is 13.8 Å². The number of hydrogen-bond acceptors (Lipinski definition) is 0. The maximum absolute atomic E-state index is 8.38. The second-order valence-corrected chi connectivity index (χ2v) is 7.22. The highest BCUT2D eigenvalue weighted by atomic mass is 14.9. The van der Waals surface area contributed by atoms with Crippen molar-refractivity contribution in [1.29, 1.82) is 0 Å². The molecule has 1 aliphatic rings. The zero-order valence-electron chi connectivity index (χ0n) is 19.3. The zero-order chi connectivity index (χ0) is 21.1. The molecular weight excluding hydrogens is 302 g/mol. The molecule has 3 aromatic rings. The summed E-state index contributed by atoms with van der Waals surface area (Å²) in [7, 11) is 2.03. The van der Waals surface area contributed by atoms with E-state index in [1.165, 1.54) is 16.7 Å². The van der Waals surface area contributed by atoms with Crippen LogP contribution in [0.2, 0.25) is 0 Å². The van der Waals surface area contributed by atoms with Crippen molar-refractivity contribution < 1.29 is 10.1 Å². The lowest BCUT2D eigenvalue weighted by atomic mass is 9.93. The van der Waals surface area contributed by atoms with Gasteiger partial charge in [-0.05, 0) is 65.5 Å². The molecule has 0 aliphatic heterocycles. The van der Waals surface area contributed by atoms with Crippen LogP contribution in [-0.4, -0.2) is 0 Å². The fourth-order valence-corrected chi connectivity index (χ4v) is 3.86. The normalized spacial score (nSPS) is 15.7. The lowest BCUT2D eigenvalue weighted by Gasteiger charge is -2.12. The lowest BCUT2D eigenvalue weighted by Crippen LogP contribution is -2.31. The molecule has 0 spiro atoms. The van der Waals surface area contributed by atoms with Crippen LogP contribution in [0.5, 0.6) is 0 Å². The molecule has 0 N–H and O–H groups in total. The van der Waals surface area contributed by atoms with Crippen LogP contribution in [0.3, 0.4) is 0 Å². The minimum atomic E-state index is -2.08. The Hall–Kier alpha value is -2.41. The first-order valence-corrected chi connectivity index (χ1v) is 8.73. The number of aromatic nitrogens is 1. The summed E-state index contributed by atoms with van der Waals surface area (Å²) in [5.74, 6) is -0.657. The van der Waals surface area contributed by atoms with E-state index < -0.39 is 12.7 Å². The lowest BCUT2D eigenvalue weighted by molar-refractivity contribution is -0.660. The number of nitrogens with zero attached hydrogens (tertiary/aromatic N) is 1. The van der Waals surface area contributed by atoms with Crippen molar-refractivity contribution in [1.82, 2.24) is 0 Å². The first kappa shape index (κ1) is 12.0. The number of aryl methyl sites for hydroxylation is 2. The molecule has 0 saturated carbocycles. The van der Waals surface area contributed by atoms with Gasteiger partial charge in [0.1, 0.15) is 7.05 Å². The van der Waals surface area contributed by atoms with E-state index in [9.17, 15) is 0 Å². The molecule has 0 radical (unpaired) electrons. The van der Waals surface area contributed by atoms with Crippen molar-refractivity contribution in [2.75, 3.05) is 0 Å². The van der Waals surface area contributed by atoms with E-state index in [4.69, 9.17) is 5.48 Å². The summed E-state index contributed by atoms with van der Waals surface area (Å²) in [5, 5.41) is 0. The summed E-state index contributed by atoms with van der Waals surface area (Å²) in [6, 6.07) is 13.9. The summed E-state index contributed by atoms with van der Waals surface area (Å²) in [5.41, 5.74) is 9.50. The fraction of sp³-hybridized carbons (Fsp3) is 0.292. The Kier molecular flexibility index (Phi) is 2.81. The van der Waals surface area contributed by atoms with Crippen molar-refractivity contribution in [3.8, 4) is 22.4 Å². The van der Waals surface area contributed by atoms with Gasteiger partial charge in [0.25, 0.3) is 0 Å². The van der Waals surface area contributed by atoms with Gasteiger partial charge in [0.15, 0.2) is 6.20 Å². The molecule has 4 rings (SSSR count). The van der Waals surface area contributed by atoms with E-state index in [-0.39, 0.29) is 0 Å². The van der Waals surface area contributed by atoms with Gasteiger partial charge in [-0.1, -0.05) is 43.7 Å². The third kappa shape index (κ3) is 2.59. The minimum absolute atomic E-state index is 0.402. The van der Waals surface area contributed by atoms with Gasteiger partial charge in [0.2, 0.25) is 5.69 Å². The molecule has 1 heterocycles. The van der Waals surface area contributed by atoms with Gasteiger partial charge in [0.05, 0.1) is 0 Å². The van der Waals surface area contributed by atoms with Crippen molar-refractivity contribution in [3.05, 3.63) is 76.5 Å². The van der Waals surface area contributed by atoms with Crippen molar-refractivity contribution >= 4 is 0 Å². The highest BCUT2D eigenvalue weighted by Crippen LogP contribution is 2.41. The molecule has 1 nitrogen and oxygen atoms in total. The Bertz CT molecular complexity index is 1120. The first-order chi connectivity index (χ1) is 13.5. The van der Waals surface area contributed by atoms with E-state index in [1.807, 2.05) is 45.3 Å². The molecule has 0 fully saturated rings. The summed E-state index contributed by atoms with van der Waals surface area (Å²) >= 11 is 0. The number of hydrogen-bond donors (Lipinski definition) is 0. The zero-order valence-corrected chi connectivity index (χ0v) is 15.3. The maximum Gasteiger partial charge on any atom is 0.212 e. The van der Waals surface area contributed by atoms with Crippen molar-refractivity contribution in [2.24, 2.45) is 7.05 Å². The molecular formula is C24H26N+. The first-order valence-electron chi connectivity index (χ1n) is 10.7. The Morgan fingerprint density at radius 1 is 1.04 bits per heavy atom. The molecule has 1 aliphatic carbocycles. The minimum Gasteiger partial charge on any atom is -0.201 e. The number of fused-ring (bicyclic) bond motifs is 3.